The quantitative estimate of drug-likeness (QED) is 0.376. The highest BCUT2D eigenvalue weighted by atomic mass is 32.2. The summed E-state index contributed by atoms with van der Waals surface area (Å²) in [5.74, 6) is -0.893. The molecule has 196 valence electrons. The second-order valence-electron chi connectivity index (χ2n) is 8.78. The first-order valence-corrected chi connectivity index (χ1v) is 12.8. The summed E-state index contributed by atoms with van der Waals surface area (Å²) in [4.78, 5) is 18.4. The van der Waals surface area contributed by atoms with E-state index in [1.165, 1.54) is 53.6 Å². The number of amides is 1. The molecule has 38 heavy (non-hydrogen) atoms. The van der Waals surface area contributed by atoms with E-state index in [-0.39, 0.29) is 34.8 Å². The van der Waals surface area contributed by atoms with Gasteiger partial charge in [0, 0.05) is 22.8 Å². The number of nitrogens with one attached hydrogen (secondary N) is 1. The summed E-state index contributed by atoms with van der Waals surface area (Å²) in [5.41, 5.74) is -0.527. The lowest BCUT2D eigenvalue weighted by atomic mass is 9.85. The van der Waals surface area contributed by atoms with Gasteiger partial charge in [0.05, 0.1) is 18.6 Å². The molecule has 1 amide bonds. The third-order valence-electron chi connectivity index (χ3n) is 6.07. The van der Waals surface area contributed by atoms with Gasteiger partial charge in [0.2, 0.25) is 0 Å². The summed E-state index contributed by atoms with van der Waals surface area (Å²) in [6, 6.07) is 19.0. The molecule has 4 aromatic rings. The average Bonchev–Trinajstić information content (AvgIpc) is 2.85. The van der Waals surface area contributed by atoms with Gasteiger partial charge in [-0.25, -0.2) is 8.42 Å². The Hall–Kier alpha value is -4.16. The van der Waals surface area contributed by atoms with Crippen molar-refractivity contribution in [3.8, 4) is 5.75 Å². The maximum absolute atomic E-state index is 13.0. The van der Waals surface area contributed by atoms with Gasteiger partial charge in [-0.2, -0.15) is 0 Å². The van der Waals surface area contributed by atoms with Gasteiger partial charge in [-0.3, -0.25) is 14.5 Å². The number of fused-ring (bicyclic) bond motifs is 1. The first kappa shape index (κ1) is 25.5. The molecule has 8 nitrogen and oxygen atoms in total. The van der Waals surface area contributed by atoms with Crippen LogP contribution >= 0.6 is 0 Å². The number of β-amino-alcohol motifs (C(OH)–C–C–N with tert-alkyl or cyclic N) is 1. The predicted molar refractivity (Wildman–Crippen MR) is 132 cm³/mol. The van der Waals surface area contributed by atoms with E-state index >= 15 is 0 Å². The Morgan fingerprint density at radius 2 is 1.68 bits per heavy atom. The molecule has 0 radical (unpaired) electrons. The van der Waals surface area contributed by atoms with Crippen LogP contribution in [0.4, 0.5) is 18.9 Å². The molecule has 2 N–H and O–H groups in total. The minimum atomic E-state index is -4.87. The average molecular weight is 544 g/mol. The van der Waals surface area contributed by atoms with Crippen molar-refractivity contribution in [1.29, 1.82) is 0 Å². The largest absolute Gasteiger partial charge is 0.573 e. The summed E-state index contributed by atoms with van der Waals surface area (Å²) in [5, 5.41) is 11.5. The molecule has 1 aromatic heterocycles. The zero-order chi connectivity index (χ0) is 27.1. The van der Waals surface area contributed by atoms with Gasteiger partial charge in [-0.05, 0) is 54.1 Å². The van der Waals surface area contributed by atoms with E-state index in [9.17, 15) is 31.5 Å². The molecule has 1 saturated heterocycles. The van der Waals surface area contributed by atoms with E-state index < -0.39 is 33.6 Å². The monoisotopic (exact) mass is 543 g/mol. The van der Waals surface area contributed by atoms with Gasteiger partial charge in [-0.1, -0.05) is 30.3 Å². The highest BCUT2D eigenvalue weighted by Gasteiger charge is 2.45. The smallest absolute Gasteiger partial charge is 0.406 e. The van der Waals surface area contributed by atoms with E-state index in [1.807, 2.05) is 0 Å². The van der Waals surface area contributed by atoms with Gasteiger partial charge >= 0.3 is 6.36 Å². The van der Waals surface area contributed by atoms with Gasteiger partial charge in [-0.15, -0.1) is 13.2 Å². The fraction of sp³-hybridized carbons (Fsp3) is 0.154. The van der Waals surface area contributed by atoms with Crippen LogP contribution in [-0.4, -0.2) is 48.8 Å². The van der Waals surface area contributed by atoms with Crippen LogP contribution in [-0.2, 0) is 15.6 Å². The molecule has 5 rings (SSSR count). The van der Waals surface area contributed by atoms with E-state index in [2.05, 4.69) is 14.4 Å². The number of carbonyl (C=O) groups is 1. The molecule has 0 unspecified atom stereocenters. The number of pyridine rings is 1. The normalized spacial score (nSPS) is 15.1. The Bertz CT molecular complexity index is 1610. The van der Waals surface area contributed by atoms with Crippen molar-refractivity contribution in [2.24, 2.45) is 0 Å². The van der Waals surface area contributed by atoms with Crippen LogP contribution in [0.5, 0.6) is 5.75 Å². The van der Waals surface area contributed by atoms with Gasteiger partial charge in [0.1, 0.15) is 16.2 Å². The minimum absolute atomic E-state index is 0.0142. The lowest BCUT2D eigenvalue weighted by molar-refractivity contribution is -0.274. The molecular weight excluding hydrogens is 523 g/mol. The zero-order valence-electron chi connectivity index (χ0n) is 19.5. The number of aromatic nitrogens is 1. The lowest BCUT2D eigenvalue weighted by Crippen LogP contribution is -2.61. The van der Waals surface area contributed by atoms with Crippen LogP contribution in [0.1, 0.15) is 15.9 Å². The Morgan fingerprint density at radius 3 is 2.39 bits per heavy atom. The van der Waals surface area contributed by atoms with E-state index in [1.54, 1.807) is 24.3 Å². The summed E-state index contributed by atoms with van der Waals surface area (Å²) in [6.07, 6.45) is -3.36. The number of likely N-dealkylation sites (tertiary alicyclic amines) is 1. The van der Waals surface area contributed by atoms with Crippen molar-refractivity contribution in [2.75, 3.05) is 17.8 Å². The number of nitrogens with zero attached hydrogens (tertiary/aromatic N) is 2. The Kier molecular flexibility index (Phi) is 6.24. The molecule has 0 saturated carbocycles. The van der Waals surface area contributed by atoms with Crippen molar-refractivity contribution in [3.63, 3.8) is 0 Å². The standard InChI is InChI=1S/C26H20F3N3O5S/c27-26(28,29)37-21-7-2-6-19(14-21)25(34)15-32(16-25)24(33)18-9-11-20(12-10-18)31-38(35,36)22-8-1-4-17-5-3-13-30-23(17)22/h1-14,31,34H,15-16H2. The number of ether oxygens (including phenoxy) is 1. The number of rotatable bonds is 6. The minimum Gasteiger partial charge on any atom is -0.406 e. The third-order valence-corrected chi connectivity index (χ3v) is 7.48. The van der Waals surface area contributed by atoms with E-state index in [4.69, 9.17) is 0 Å². The first-order chi connectivity index (χ1) is 17.9. The number of anilines is 1. The number of para-hydroxylation sites is 1. The van der Waals surface area contributed by atoms with Crippen LogP contribution in [0.2, 0.25) is 0 Å². The molecule has 0 spiro atoms. The summed E-state index contributed by atoms with van der Waals surface area (Å²) in [6.45, 7) is -0.270. The maximum atomic E-state index is 13.0. The SMILES string of the molecule is O=C(c1ccc(NS(=O)(=O)c2cccc3cccnc23)cc1)N1CC(O)(c2cccc(OC(F)(F)F)c2)C1. The van der Waals surface area contributed by atoms with E-state index in [0.29, 0.717) is 10.9 Å². The van der Waals surface area contributed by atoms with Crippen LogP contribution in [0.25, 0.3) is 10.9 Å². The third kappa shape index (κ3) is 5.13. The summed E-state index contributed by atoms with van der Waals surface area (Å²) in [7, 11) is -3.97. The first-order valence-electron chi connectivity index (χ1n) is 11.3. The molecule has 1 aliphatic heterocycles. The number of aliphatic hydroxyl groups is 1. The number of sulfonamides is 1. The molecule has 12 heteroatoms. The van der Waals surface area contributed by atoms with Gasteiger partial charge in [0.15, 0.2) is 0 Å². The second kappa shape index (κ2) is 9.30. The Balaban J connectivity index is 1.26. The number of halogens is 3. The predicted octanol–water partition coefficient (Wildman–Crippen LogP) is 4.28. The van der Waals surface area contributed by atoms with Crippen molar-refractivity contribution >= 4 is 32.5 Å². The van der Waals surface area contributed by atoms with Crippen molar-refractivity contribution in [1.82, 2.24) is 9.88 Å². The maximum Gasteiger partial charge on any atom is 0.573 e. The molecule has 0 atom stereocenters. The zero-order valence-corrected chi connectivity index (χ0v) is 20.3. The molecule has 2 heterocycles. The number of carbonyl (C=O) groups excluding carboxylic acids is 1. The van der Waals surface area contributed by atoms with Crippen LogP contribution in [0.3, 0.4) is 0 Å². The van der Waals surface area contributed by atoms with E-state index in [0.717, 1.165) is 12.1 Å². The molecule has 1 fully saturated rings. The van der Waals surface area contributed by atoms with Crippen LogP contribution in [0, 0.1) is 0 Å². The summed E-state index contributed by atoms with van der Waals surface area (Å²) >= 11 is 0. The Labute approximate surface area is 215 Å². The number of alkyl halides is 3. The number of hydrogen-bond donors (Lipinski definition) is 2. The van der Waals surface area contributed by atoms with Gasteiger partial charge in [0.25, 0.3) is 15.9 Å². The van der Waals surface area contributed by atoms with Crippen LogP contribution < -0.4 is 9.46 Å². The molecule has 1 aliphatic rings. The molecular formula is C26H20F3N3O5S. The second-order valence-corrected chi connectivity index (χ2v) is 10.4. The van der Waals surface area contributed by atoms with Crippen molar-refractivity contribution in [2.45, 2.75) is 16.9 Å². The molecule has 0 bridgehead atoms. The molecule has 3 aromatic carbocycles. The van der Waals surface area contributed by atoms with Crippen molar-refractivity contribution < 1.29 is 36.2 Å². The van der Waals surface area contributed by atoms with Crippen LogP contribution in [0.15, 0.2) is 90.0 Å². The highest BCUT2D eigenvalue weighted by molar-refractivity contribution is 7.93. The van der Waals surface area contributed by atoms with Gasteiger partial charge < -0.3 is 14.7 Å². The fourth-order valence-corrected chi connectivity index (χ4v) is 5.50. The number of benzene rings is 3. The Morgan fingerprint density at radius 1 is 1.00 bits per heavy atom. The molecule has 0 aliphatic carbocycles. The number of hydrogen-bond acceptors (Lipinski definition) is 6. The lowest BCUT2D eigenvalue weighted by Gasteiger charge is -2.46. The fourth-order valence-electron chi connectivity index (χ4n) is 4.26. The van der Waals surface area contributed by atoms with Crippen molar-refractivity contribution in [3.05, 3.63) is 96.2 Å². The summed E-state index contributed by atoms with van der Waals surface area (Å²) < 4.78 is 69.9. The topological polar surface area (TPSA) is 109 Å². The highest BCUT2D eigenvalue weighted by Crippen LogP contribution is 2.35.